The van der Waals surface area contributed by atoms with E-state index in [1.165, 1.54) is 0 Å². The molecule has 0 saturated carbocycles. The number of rotatable bonds is 7. The van der Waals surface area contributed by atoms with Gasteiger partial charge in [-0.05, 0) is 61.9 Å². The molecule has 150 valence electrons. The van der Waals surface area contributed by atoms with Gasteiger partial charge in [0.2, 0.25) is 5.91 Å². The van der Waals surface area contributed by atoms with Crippen LogP contribution in [0.3, 0.4) is 0 Å². The number of hydrogen-bond acceptors (Lipinski definition) is 5. The van der Waals surface area contributed by atoms with E-state index in [1.54, 1.807) is 18.6 Å². The van der Waals surface area contributed by atoms with Gasteiger partial charge in [0.15, 0.2) is 0 Å². The van der Waals surface area contributed by atoms with Gasteiger partial charge >= 0.3 is 0 Å². The van der Waals surface area contributed by atoms with Crippen LogP contribution in [0.4, 0.5) is 0 Å². The molecule has 7 nitrogen and oxygen atoms in total. The minimum absolute atomic E-state index is 0.0619. The second kappa shape index (κ2) is 8.84. The van der Waals surface area contributed by atoms with Crippen LogP contribution in [0.15, 0.2) is 43.2 Å². The first-order valence-electron chi connectivity index (χ1n) is 10.3. The molecule has 2 fully saturated rings. The van der Waals surface area contributed by atoms with E-state index < -0.39 is 0 Å². The predicted octanol–water partition coefficient (Wildman–Crippen LogP) is 1.43. The van der Waals surface area contributed by atoms with Crippen LogP contribution in [0.5, 0.6) is 0 Å². The number of pyridine rings is 1. The lowest BCUT2D eigenvalue weighted by molar-refractivity contribution is -0.134. The fourth-order valence-electron chi connectivity index (χ4n) is 4.49. The minimum Gasteiger partial charge on any atom is -0.337 e. The quantitative estimate of drug-likeness (QED) is 0.758. The third-order valence-corrected chi connectivity index (χ3v) is 6.16. The molecule has 2 N–H and O–H groups in total. The molecule has 4 heterocycles. The van der Waals surface area contributed by atoms with Crippen molar-refractivity contribution in [2.24, 2.45) is 5.41 Å². The summed E-state index contributed by atoms with van der Waals surface area (Å²) in [6.45, 7) is 5.34. The van der Waals surface area contributed by atoms with Gasteiger partial charge in [0, 0.05) is 51.0 Å². The number of hydrogen-bond donors (Lipinski definition) is 2. The second-order valence-electron chi connectivity index (χ2n) is 8.16. The molecule has 2 aromatic rings. The van der Waals surface area contributed by atoms with Gasteiger partial charge in [-0.3, -0.25) is 9.78 Å². The Labute approximate surface area is 166 Å². The van der Waals surface area contributed by atoms with Crippen molar-refractivity contribution in [1.29, 1.82) is 0 Å². The van der Waals surface area contributed by atoms with Gasteiger partial charge in [-0.2, -0.15) is 0 Å². The van der Waals surface area contributed by atoms with E-state index in [0.717, 1.165) is 64.0 Å². The normalized spacial score (nSPS) is 21.1. The fourth-order valence-corrected chi connectivity index (χ4v) is 4.49. The van der Waals surface area contributed by atoms with Crippen LogP contribution in [0, 0.1) is 5.41 Å². The summed E-state index contributed by atoms with van der Waals surface area (Å²) in [5.41, 5.74) is 1.42. The van der Waals surface area contributed by atoms with Gasteiger partial charge in [-0.25, -0.2) is 4.98 Å². The van der Waals surface area contributed by atoms with Gasteiger partial charge < -0.3 is 20.1 Å². The van der Waals surface area contributed by atoms with Crippen LogP contribution in [0.2, 0.25) is 0 Å². The maximum atomic E-state index is 13.4. The van der Waals surface area contributed by atoms with Gasteiger partial charge in [0.25, 0.3) is 0 Å². The summed E-state index contributed by atoms with van der Waals surface area (Å²) in [6, 6.07) is 3.92. The fraction of sp³-hybridized carbons (Fsp3) is 0.571. The number of carbonyl (C=O) groups is 1. The Bertz CT molecular complexity index is 742. The summed E-state index contributed by atoms with van der Waals surface area (Å²) in [5, 5.41) is 6.98. The maximum absolute atomic E-state index is 13.4. The Morgan fingerprint density at radius 2 is 2.04 bits per heavy atom. The van der Waals surface area contributed by atoms with Crippen molar-refractivity contribution < 1.29 is 4.79 Å². The van der Waals surface area contributed by atoms with Crippen LogP contribution < -0.4 is 10.6 Å². The molecule has 4 rings (SSSR count). The van der Waals surface area contributed by atoms with Crippen LogP contribution in [0.25, 0.3) is 0 Å². The molecule has 0 bridgehead atoms. The second-order valence-corrected chi connectivity index (χ2v) is 8.16. The van der Waals surface area contributed by atoms with Gasteiger partial charge in [0.1, 0.15) is 0 Å². The molecule has 1 atom stereocenters. The lowest BCUT2D eigenvalue weighted by Crippen LogP contribution is -2.43. The summed E-state index contributed by atoms with van der Waals surface area (Å²) in [6.07, 6.45) is 13.4. The van der Waals surface area contributed by atoms with Gasteiger partial charge in [-0.15, -0.1) is 0 Å². The van der Waals surface area contributed by atoms with E-state index in [4.69, 9.17) is 0 Å². The zero-order chi connectivity index (χ0) is 19.2. The third kappa shape index (κ3) is 4.59. The highest BCUT2D eigenvalue weighted by Crippen LogP contribution is 2.37. The Balaban J connectivity index is 1.40. The smallest absolute Gasteiger partial charge is 0.240 e. The summed E-state index contributed by atoms with van der Waals surface area (Å²) < 4.78 is 2.06. The molecule has 2 aliphatic heterocycles. The first-order valence-corrected chi connectivity index (χ1v) is 10.3. The number of piperidine rings is 1. The predicted molar refractivity (Wildman–Crippen MR) is 107 cm³/mol. The third-order valence-electron chi connectivity index (χ3n) is 6.16. The molecule has 1 amide bonds. The number of aryl methyl sites for hydroxylation is 1. The molecule has 0 aliphatic carbocycles. The highest BCUT2D eigenvalue weighted by Gasteiger charge is 2.43. The van der Waals surface area contributed by atoms with Crippen molar-refractivity contribution >= 4 is 5.91 Å². The lowest BCUT2D eigenvalue weighted by Gasteiger charge is -2.33. The number of aromatic nitrogens is 3. The molecule has 2 saturated heterocycles. The Morgan fingerprint density at radius 3 is 2.79 bits per heavy atom. The van der Waals surface area contributed by atoms with Crippen molar-refractivity contribution in [1.82, 2.24) is 30.1 Å². The summed E-state index contributed by atoms with van der Waals surface area (Å²) >= 11 is 0. The number of imidazole rings is 1. The lowest BCUT2D eigenvalue weighted by atomic mass is 9.77. The summed E-state index contributed by atoms with van der Waals surface area (Å²) in [7, 11) is 0. The number of nitrogens with zero attached hydrogens (tertiary/aromatic N) is 4. The van der Waals surface area contributed by atoms with Crippen LogP contribution in [0.1, 0.15) is 31.2 Å². The topological polar surface area (TPSA) is 75.1 Å². The minimum atomic E-state index is -0.0619. The van der Waals surface area contributed by atoms with Crippen molar-refractivity contribution in [3.8, 4) is 0 Å². The molecule has 0 aromatic carbocycles. The maximum Gasteiger partial charge on any atom is 0.240 e. The van der Waals surface area contributed by atoms with E-state index in [9.17, 15) is 4.79 Å². The largest absolute Gasteiger partial charge is 0.337 e. The molecule has 2 aliphatic rings. The van der Waals surface area contributed by atoms with Crippen molar-refractivity contribution in [3.05, 3.63) is 48.8 Å². The van der Waals surface area contributed by atoms with Crippen molar-refractivity contribution in [2.45, 2.75) is 44.8 Å². The van der Waals surface area contributed by atoms with E-state index >= 15 is 0 Å². The van der Waals surface area contributed by atoms with E-state index in [-0.39, 0.29) is 11.9 Å². The van der Waals surface area contributed by atoms with Gasteiger partial charge in [0.05, 0.1) is 12.4 Å². The Kier molecular flexibility index (Phi) is 6.02. The highest BCUT2D eigenvalue weighted by molar-refractivity contribution is 5.82. The van der Waals surface area contributed by atoms with E-state index in [1.807, 2.05) is 29.6 Å². The van der Waals surface area contributed by atoms with Crippen LogP contribution in [-0.4, -0.2) is 57.6 Å². The van der Waals surface area contributed by atoms with E-state index in [0.29, 0.717) is 12.0 Å². The van der Waals surface area contributed by atoms with Crippen LogP contribution in [-0.2, 0) is 17.9 Å². The van der Waals surface area contributed by atoms with Crippen LogP contribution >= 0.6 is 0 Å². The van der Waals surface area contributed by atoms with Crippen molar-refractivity contribution in [3.63, 3.8) is 0 Å². The highest BCUT2D eigenvalue weighted by atomic mass is 16.2. The number of amides is 1. The summed E-state index contributed by atoms with van der Waals surface area (Å²) in [5.74, 6) is 0.234. The molecule has 1 spiro atoms. The molecule has 7 heteroatoms. The van der Waals surface area contributed by atoms with Gasteiger partial charge in [-0.1, -0.05) is 0 Å². The average molecular weight is 383 g/mol. The zero-order valence-corrected chi connectivity index (χ0v) is 16.4. The molecular formula is C21H30N6O. The number of nitrogens with one attached hydrogen (secondary N) is 2. The monoisotopic (exact) mass is 382 g/mol. The first kappa shape index (κ1) is 19.1. The first-order chi connectivity index (χ1) is 13.7. The molecule has 28 heavy (non-hydrogen) atoms. The zero-order valence-electron chi connectivity index (χ0n) is 16.4. The molecule has 1 unspecified atom stereocenters. The standard InChI is InChI=1S/C21H30N6O/c28-20(19-14-21(16-25-19)4-8-23-9-5-21)27(15-18-2-6-22-7-3-18)12-1-11-26-13-10-24-17-26/h2-3,6-7,10,13,17,19,23,25H,1,4-5,8-9,11-12,14-16H2. The molecular weight excluding hydrogens is 352 g/mol. The Hall–Kier alpha value is -2.25. The Morgan fingerprint density at radius 1 is 1.21 bits per heavy atom. The molecule has 2 aromatic heterocycles. The number of carbonyl (C=O) groups excluding carboxylic acids is 1. The van der Waals surface area contributed by atoms with Crippen molar-refractivity contribution in [2.75, 3.05) is 26.2 Å². The molecule has 0 radical (unpaired) electrons. The average Bonchev–Trinajstić information content (AvgIpc) is 3.39. The summed E-state index contributed by atoms with van der Waals surface area (Å²) in [4.78, 5) is 23.6. The van der Waals surface area contributed by atoms with E-state index in [2.05, 4.69) is 25.2 Å². The SMILES string of the molecule is O=C(C1CC2(CCNCC2)CN1)N(CCCn1ccnc1)Cc1ccncc1.